The summed E-state index contributed by atoms with van der Waals surface area (Å²) in [4.78, 5) is 24.7. The van der Waals surface area contributed by atoms with Crippen molar-refractivity contribution in [1.29, 1.82) is 0 Å². The third-order valence-corrected chi connectivity index (χ3v) is 5.97. The Morgan fingerprint density at radius 2 is 2.12 bits per heavy atom. The lowest BCUT2D eigenvalue weighted by atomic mass is 9.87. The lowest BCUT2D eigenvalue weighted by Gasteiger charge is -2.28. The van der Waals surface area contributed by atoms with E-state index in [-0.39, 0.29) is 12.0 Å². The Bertz CT molecular complexity index is 1150. The van der Waals surface area contributed by atoms with E-state index in [1.165, 1.54) is 0 Å². The summed E-state index contributed by atoms with van der Waals surface area (Å²) >= 11 is 0. The van der Waals surface area contributed by atoms with Gasteiger partial charge in [0, 0.05) is 19.3 Å². The average molecular weight is 468 g/mol. The van der Waals surface area contributed by atoms with Gasteiger partial charge in [0.15, 0.2) is 0 Å². The Labute approximate surface area is 197 Å². The van der Waals surface area contributed by atoms with Crippen molar-refractivity contribution in [2.75, 3.05) is 12.4 Å². The number of carboxylic acid groups (broad SMARTS) is 1. The molecule has 0 unspecified atom stereocenters. The molecule has 0 aromatic carbocycles. The molecule has 2 atom stereocenters. The fraction of sp³-hybridized carbons (Fsp3) is 0.478. The number of aromatic nitrogens is 6. The van der Waals surface area contributed by atoms with Crippen LogP contribution in [0.2, 0.25) is 0 Å². The maximum absolute atomic E-state index is 11.4. The second kappa shape index (κ2) is 10.4. The van der Waals surface area contributed by atoms with Crippen LogP contribution in [0.15, 0.2) is 24.4 Å². The summed E-state index contributed by atoms with van der Waals surface area (Å²) in [6.07, 6.45) is 5.10. The normalized spacial score (nSPS) is 17.9. The molecule has 1 aliphatic rings. The predicted molar refractivity (Wildman–Crippen MR) is 124 cm³/mol. The maximum Gasteiger partial charge on any atom is 0.306 e. The van der Waals surface area contributed by atoms with Gasteiger partial charge in [0.2, 0.25) is 11.8 Å². The number of carbonyl (C=O) groups is 1. The lowest BCUT2D eigenvalue weighted by Crippen LogP contribution is -2.29. The standard InChI is InChI=1S/C23H29N7O4/c1-4-16-19(34-15-7-5-6-14(12-15)22(31)32)9-8-17(26-16)21-18(30(2)29-28-21)13-25-23-24-11-10-20(27-23)33-3/h8-11,14-15H,4-7,12-13H2,1-3H3,(H,31,32)(H,24,25,27)/t14-,15-/m0/s1. The summed E-state index contributed by atoms with van der Waals surface area (Å²) in [6.45, 7) is 2.41. The van der Waals surface area contributed by atoms with Crippen molar-refractivity contribution in [3.05, 3.63) is 35.8 Å². The highest BCUT2D eigenvalue weighted by Crippen LogP contribution is 2.31. The topological polar surface area (TPSA) is 137 Å². The third kappa shape index (κ3) is 5.24. The van der Waals surface area contributed by atoms with E-state index in [0.29, 0.717) is 54.8 Å². The van der Waals surface area contributed by atoms with E-state index in [0.717, 1.165) is 24.2 Å². The fourth-order valence-electron chi connectivity index (χ4n) is 4.11. The summed E-state index contributed by atoms with van der Waals surface area (Å²) in [5.74, 6) is 0.499. The van der Waals surface area contributed by atoms with Gasteiger partial charge in [-0.1, -0.05) is 12.1 Å². The number of nitrogens with zero attached hydrogens (tertiary/aromatic N) is 6. The molecule has 0 bridgehead atoms. The molecule has 1 saturated carbocycles. The Kier molecular flexibility index (Phi) is 7.19. The summed E-state index contributed by atoms with van der Waals surface area (Å²) in [5, 5.41) is 21.0. The molecule has 3 aromatic rings. The molecule has 0 radical (unpaired) electrons. The van der Waals surface area contributed by atoms with Gasteiger partial charge in [-0.15, -0.1) is 5.10 Å². The van der Waals surface area contributed by atoms with Crippen LogP contribution in [0, 0.1) is 5.92 Å². The first kappa shape index (κ1) is 23.4. The van der Waals surface area contributed by atoms with Gasteiger partial charge < -0.3 is 19.9 Å². The second-order valence-electron chi connectivity index (χ2n) is 8.22. The average Bonchev–Trinajstić information content (AvgIpc) is 3.23. The minimum absolute atomic E-state index is 0.119. The van der Waals surface area contributed by atoms with Crippen molar-refractivity contribution in [3.8, 4) is 23.0 Å². The first-order valence-corrected chi connectivity index (χ1v) is 11.4. The number of nitrogens with one attached hydrogen (secondary N) is 1. The number of hydrogen-bond donors (Lipinski definition) is 2. The van der Waals surface area contributed by atoms with Gasteiger partial charge in [0.1, 0.15) is 11.4 Å². The van der Waals surface area contributed by atoms with Crippen LogP contribution < -0.4 is 14.8 Å². The highest BCUT2D eigenvalue weighted by Gasteiger charge is 2.28. The lowest BCUT2D eigenvalue weighted by molar-refractivity contribution is -0.143. The molecule has 0 spiro atoms. The molecule has 0 amide bonds. The van der Waals surface area contributed by atoms with E-state index in [1.54, 1.807) is 24.1 Å². The van der Waals surface area contributed by atoms with Gasteiger partial charge >= 0.3 is 5.97 Å². The van der Waals surface area contributed by atoms with Crippen LogP contribution in [0.25, 0.3) is 11.4 Å². The van der Waals surface area contributed by atoms with Crippen molar-refractivity contribution in [1.82, 2.24) is 29.9 Å². The fourth-order valence-corrected chi connectivity index (χ4v) is 4.11. The molecule has 1 fully saturated rings. The van der Waals surface area contributed by atoms with E-state index in [2.05, 4.69) is 25.6 Å². The second-order valence-corrected chi connectivity index (χ2v) is 8.22. The van der Waals surface area contributed by atoms with Crippen LogP contribution in [0.3, 0.4) is 0 Å². The zero-order valence-corrected chi connectivity index (χ0v) is 19.6. The summed E-state index contributed by atoms with van der Waals surface area (Å²) < 4.78 is 13.0. The summed E-state index contributed by atoms with van der Waals surface area (Å²) in [6, 6.07) is 5.43. The zero-order valence-electron chi connectivity index (χ0n) is 19.6. The van der Waals surface area contributed by atoms with Crippen LogP contribution >= 0.6 is 0 Å². The molecule has 1 aliphatic carbocycles. The van der Waals surface area contributed by atoms with Crippen molar-refractivity contribution in [2.24, 2.45) is 13.0 Å². The molecule has 0 aliphatic heterocycles. The number of aryl methyl sites for hydroxylation is 2. The molecule has 11 nitrogen and oxygen atoms in total. The number of aliphatic carboxylic acids is 1. The van der Waals surface area contributed by atoms with Crippen LogP contribution in [0.4, 0.5) is 5.95 Å². The largest absolute Gasteiger partial charge is 0.488 e. The molecule has 4 rings (SSSR count). The van der Waals surface area contributed by atoms with Crippen molar-refractivity contribution in [3.63, 3.8) is 0 Å². The number of carboxylic acids is 1. The van der Waals surface area contributed by atoms with Crippen LogP contribution in [0.5, 0.6) is 11.6 Å². The maximum atomic E-state index is 11.4. The molecule has 3 heterocycles. The Morgan fingerprint density at radius 3 is 2.88 bits per heavy atom. The van der Waals surface area contributed by atoms with E-state index < -0.39 is 5.97 Å². The van der Waals surface area contributed by atoms with Crippen LogP contribution in [0.1, 0.15) is 44.0 Å². The Morgan fingerprint density at radius 1 is 1.26 bits per heavy atom. The van der Waals surface area contributed by atoms with Gasteiger partial charge in [-0.2, -0.15) is 4.98 Å². The Hall–Kier alpha value is -3.76. The number of ether oxygens (including phenoxy) is 2. The van der Waals surface area contributed by atoms with E-state index in [4.69, 9.17) is 14.5 Å². The quantitative estimate of drug-likeness (QED) is 0.483. The van der Waals surface area contributed by atoms with Gasteiger partial charge in [0.25, 0.3) is 0 Å². The van der Waals surface area contributed by atoms with Gasteiger partial charge in [-0.05, 0) is 44.2 Å². The third-order valence-electron chi connectivity index (χ3n) is 5.97. The molecular weight excluding hydrogens is 438 g/mol. The van der Waals surface area contributed by atoms with Crippen molar-refractivity contribution in [2.45, 2.75) is 51.7 Å². The first-order chi connectivity index (χ1) is 16.5. The molecule has 3 aromatic heterocycles. The monoisotopic (exact) mass is 467 g/mol. The molecule has 180 valence electrons. The first-order valence-electron chi connectivity index (χ1n) is 11.4. The molecule has 0 saturated heterocycles. The van der Waals surface area contributed by atoms with E-state index in [1.807, 2.05) is 26.1 Å². The number of methoxy groups -OCH3 is 1. The van der Waals surface area contributed by atoms with Crippen molar-refractivity contribution >= 4 is 11.9 Å². The molecule has 34 heavy (non-hydrogen) atoms. The van der Waals surface area contributed by atoms with Crippen molar-refractivity contribution < 1.29 is 19.4 Å². The van der Waals surface area contributed by atoms with Gasteiger partial charge in [-0.3, -0.25) is 4.79 Å². The summed E-state index contributed by atoms with van der Waals surface area (Å²) in [5.41, 5.74) is 2.97. The number of hydrogen-bond acceptors (Lipinski definition) is 9. The van der Waals surface area contributed by atoms with E-state index in [9.17, 15) is 9.90 Å². The molecule has 11 heteroatoms. The number of anilines is 1. The van der Waals surface area contributed by atoms with Crippen LogP contribution in [-0.2, 0) is 24.8 Å². The van der Waals surface area contributed by atoms with Crippen LogP contribution in [-0.4, -0.2) is 54.2 Å². The highest BCUT2D eigenvalue weighted by molar-refractivity contribution is 5.70. The predicted octanol–water partition coefficient (Wildman–Crippen LogP) is 2.87. The zero-order chi connectivity index (χ0) is 24.1. The number of pyridine rings is 1. The van der Waals surface area contributed by atoms with E-state index >= 15 is 0 Å². The number of rotatable bonds is 9. The minimum atomic E-state index is -0.749. The minimum Gasteiger partial charge on any atom is -0.488 e. The molecular formula is C23H29N7O4. The van der Waals surface area contributed by atoms with Gasteiger partial charge in [0.05, 0.1) is 42.8 Å². The molecule has 2 N–H and O–H groups in total. The Balaban J connectivity index is 1.52. The highest BCUT2D eigenvalue weighted by atomic mass is 16.5. The SMILES string of the molecule is CCc1nc(-c2nnn(C)c2CNc2nccc(OC)n2)ccc1O[C@H]1CCC[C@H](C(=O)O)C1. The smallest absolute Gasteiger partial charge is 0.306 e. The van der Waals surface area contributed by atoms with Gasteiger partial charge in [-0.25, -0.2) is 14.6 Å². The summed E-state index contributed by atoms with van der Waals surface area (Å²) in [7, 11) is 3.37.